The number of anilines is 4. The van der Waals surface area contributed by atoms with Gasteiger partial charge in [0.1, 0.15) is 5.82 Å². The number of aromatic nitrogens is 2. The molecule has 0 amide bonds. The summed E-state index contributed by atoms with van der Waals surface area (Å²) in [6.07, 6.45) is 3.79. The van der Waals surface area contributed by atoms with Crippen LogP contribution in [0.4, 0.5) is 22.7 Å². The van der Waals surface area contributed by atoms with E-state index in [1.54, 1.807) is 0 Å². The van der Waals surface area contributed by atoms with Gasteiger partial charge in [-0.3, -0.25) is 0 Å². The van der Waals surface area contributed by atoms with Crippen LogP contribution in [0.15, 0.2) is 140 Å². The predicted octanol–water partition coefficient (Wildman–Crippen LogP) is 12.7. The molecule has 57 heavy (non-hydrogen) atoms. The van der Waals surface area contributed by atoms with Crippen molar-refractivity contribution in [2.45, 2.75) is 58.3 Å². The van der Waals surface area contributed by atoms with Gasteiger partial charge in [0.05, 0.1) is 0 Å². The minimum Gasteiger partial charge on any atom is -0.509 e. The maximum Gasteiger partial charge on any atom is 0.135 e. The van der Waals surface area contributed by atoms with Gasteiger partial charge in [-0.1, -0.05) is 113 Å². The monoisotopic (exact) mass is 922 g/mol. The first-order chi connectivity index (χ1) is 27.1. The van der Waals surface area contributed by atoms with Gasteiger partial charge in [0, 0.05) is 66.8 Å². The molecule has 0 radical (unpaired) electrons. The number of fused-ring (bicyclic) bond motifs is 6. The molecule has 5 heterocycles. The van der Waals surface area contributed by atoms with E-state index < -0.39 is 0 Å². The Balaban J connectivity index is 0.00000422. The second kappa shape index (κ2) is 14.1. The van der Waals surface area contributed by atoms with Crippen molar-refractivity contribution in [3.05, 3.63) is 186 Å². The van der Waals surface area contributed by atoms with Crippen LogP contribution in [-0.2, 0) is 44.7 Å². The molecule has 11 rings (SSSR count). The molecule has 8 aromatic rings. The average Bonchev–Trinajstić information content (AvgIpc) is 3.76. The summed E-state index contributed by atoms with van der Waals surface area (Å²) in [5, 5.41) is 2.28. The van der Waals surface area contributed by atoms with Crippen molar-refractivity contribution in [3.8, 4) is 17.3 Å². The predicted molar refractivity (Wildman–Crippen MR) is 229 cm³/mol. The van der Waals surface area contributed by atoms with E-state index in [0.717, 1.165) is 57.8 Å². The van der Waals surface area contributed by atoms with Gasteiger partial charge in [0.15, 0.2) is 0 Å². The molecule has 6 aromatic carbocycles. The number of benzene rings is 6. The maximum absolute atomic E-state index is 6.64. The summed E-state index contributed by atoms with van der Waals surface area (Å²) in [5.41, 5.74) is 12.3. The van der Waals surface area contributed by atoms with Crippen LogP contribution in [0, 0.1) is 18.8 Å². The fourth-order valence-electron chi connectivity index (χ4n) is 8.55. The molecule has 286 valence electrons. The van der Waals surface area contributed by atoms with Crippen molar-refractivity contribution in [2.75, 3.05) is 9.80 Å². The summed E-state index contributed by atoms with van der Waals surface area (Å²) < 4.78 is 8.91. The van der Waals surface area contributed by atoms with E-state index in [1.807, 2.05) is 18.2 Å². The first-order valence-corrected chi connectivity index (χ1v) is 19.5. The Morgan fingerprint density at radius 1 is 0.614 bits per heavy atom. The van der Waals surface area contributed by atoms with Crippen LogP contribution >= 0.6 is 0 Å². The fourth-order valence-corrected chi connectivity index (χ4v) is 8.55. The molecule has 0 unspecified atom stereocenters. The first kappa shape index (κ1) is 37.0. The molecule has 0 atom stereocenters. The number of pyridine rings is 1. The van der Waals surface area contributed by atoms with Crippen LogP contribution in [-0.4, -0.2) is 9.55 Å². The van der Waals surface area contributed by atoms with Gasteiger partial charge in [-0.25, -0.2) is 4.98 Å². The number of hydrogen-bond acceptors (Lipinski definition) is 4. The molecule has 0 aliphatic carbocycles. The third-order valence-corrected chi connectivity index (χ3v) is 11.7. The second-order valence-electron chi connectivity index (χ2n) is 16.6. The summed E-state index contributed by atoms with van der Waals surface area (Å²) in [5.74, 6) is 2.10. The normalized spacial score (nSPS) is 13.8. The molecule has 2 aromatic heterocycles. The van der Waals surface area contributed by atoms with Gasteiger partial charge < -0.3 is 19.1 Å². The summed E-state index contributed by atoms with van der Waals surface area (Å²) in [4.78, 5) is 9.80. The van der Waals surface area contributed by atoms with E-state index in [4.69, 9.17) is 9.72 Å². The van der Waals surface area contributed by atoms with Crippen LogP contribution in [0.5, 0.6) is 11.5 Å². The molecule has 0 N–H and O–H groups in total. The van der Waals surface area contributed by atoms with Crippen molar-refractivity contribution >= 4 is 44.6 Å². The number of nitrogens with zero attached hydrogens (tertiary/aromatic N) is 4. The summed E-state index contributed by atoms with van der Waals surface area (Å²) in [6, 6.07) is 54.9. The maximum atomic E-state index is 6.64. The first-order valence-electron chi connectivity index (χ1n) is 19.5. The minimum atomic E-state index is -0.301. The third kappa shape index (κ3) is 6.33. The van der Waals surface area contributed by atoms with Crippen molar-refractivity contribution < 1.29 is 25.8 Å². The quantitative estimate of drug-likeness (QED) is 0.162. The van der Waals surface area contributed by atoms with Gasteiger partial charge in [0.25, 0.3) is 0 Å². The molecule has 8 bridgehead atoms. The third-order valence-electron chi connectivity index (χ3n) is 11.7. The van der Waals surface area contributed by atoms with Gasteiger partial charge >= 0.3 is 0 Å². The number of aryl methyl sites for hydroxylation is 2. The topological polar surface area (TPSA) is 33.5 Å². The average molecular weight is 923 g/mol. The Bertz CT molecular complexity index is 2800. The van der Waals surface area contributed by atoms with Gasteiger partial charge in [-0.2, -0.15) is 12.1 Å². The Morgan fingerprint density at radius 3 is 2.11 bits per heavy atom. The number of ether oxygens (including phenoxy) is 1. The molecule has 0 saturated heterocycles. The van der Waals surface area contributed by atoms with Crippen LogP contribution in [0.25, 0.3) is 27.6 Å². The van der Waals surface area contributed by atoms with E-state index in [9.17, 15) is 0 Å². The van der Waals surface area contributed by atoms with E-state index in [1.165, 1.54) is 33.2 Å². The summed E-state index contributed by atoms with van der Waals surface area (Å²) in [6.45, 7) is 13.6. The molecule has 0 spiro atoms. The zero-order valence-electron chi connectivity index (χ0n) is 32.8. The summed E-state index contributed by atoms with van der Waals surface area (Å²) in [7, 11) is 0. The van der Waals surface area contributed by atoms with Crippen molar-refractivity contribution in [1.82, 2.24) is 9.55 Å². The Kier molecular flexibility index (Phi) is 9.13. The van der Waals surface area contributed by atoms with E-state index in [2.05, 4.69) is 189 Å². The molecule has 3 aliphatic rings. The molecule has 3 aliphatic heterocycles. The van der Waals surface area contributed by atoms with Crippen LogP contribution in [0.2, 0.25) is 0 Å². The largest absolute Gasteiger partial charge is 0.509 e. The Hall–Kier alpha value is -5.64. The van der Waals surface area contributed by atoms with Gasteiger partial charge in [-0.15, -0.1) is 48.1 Å². The standard InChI is InChI=1S/C51H43N4O.Pt/c1-50(2,3)37-24-27-45-42(28-37)41-26-25-40-30-48(41)55(45)49-31-43(51(4,5)36-15-7-6-8-16-36)35(32-52-49)23-22-34-14-9-10-19-44(34)54-33-53(46-20-11-12-21-47(46)54)38-17-13-18-39(29-38)56-40;/h6-21,24-28,31-33H,22-23H2,1-5H3;/q-3;. The van der Waals surface area contributed by atoms with Gasteiger partial charge in [0.2, 0.25) is 0 Å². The molecule has 0 saturated carbocycles. The number of para-hydroxylation sites is 3. The fraction of sp³-hybridized carbons (Fsp3) is 0.176. The molecular formula is C51H43N4OPt-3. The smallest absolute Gasteiger partial charge is 0.135 e. The molecule has 6 heteroatoms. The Morgan fingerprint density at radius 2 is 1.32 bits per heavy atom. The zero-order valence-corrected chi connectivity index (χ0v) is 35.1. The number of rotatable bonds is 2. The minimum absolute atomic E-state index is 0. The van der Waals surface area contributed by atoms with Gasteiger partial charge in [-0.05, 0) is 81.8 Å². The van der Waals surface area contributed by atoms with Crippen LogP contribution in [0.3, 0.4) is 0 Å². The molecule has 5 nitrogen and oxygen atoms in total. The SMILES string of the molecule is CC(C)(C)c1ccc2c(c1)c1ccc3[c-]c1n2-c1cc(C(C)(C)c2ccccc2)c(cn1)CCc1ccccc1N1[CH-]N(c2[c-]c(ccc2)O3)c2ccccc21.[Pt]. The van der Waals surface area contributed by atoms with Crippen LogP contribution < -0.4 is 14.5 Å². The number of hydrogen-bond donors (Lipinski definition) is 0. The summed E-state index contributed by atoms with van der Waals surface area (Å²) >= 11 is 0. The van der Waals surface area contributed by atoms with Crippen molar-refractivity contribution in [1.29, 1.82) is 0 Å². The molecule has 0 fully saturated rings. The second-order valence-corrected chi connectivity index (χ2v) is 16.6. The van der Waals surface area contributed by atoms with E-state index >= 15 is 0 Å². The van der Waals surface area contributed by atoms with Crippen molar-refractivity contribution in [2.24, 2.45) is 0 Å². The Labute approximate surface area is 349 Å². The van der Waals surface area contributed by atoms with Crippen LogP contribution in [0.1, 0.15) is 62.4 Å². The zero-order chi connectivity index (χ0) is 38.2. The van der Waals surface area contributed by atoms with E-state index in [0.29, 0.717) is 11.5 Å². The molecular weight excluding hydrogens is 880 g/mol. The van der Waals surface area contributed by atoms with Crippen molar-refractivity contribution in [3.63, 3.8) is 0 Å². The van der Waals surface area contributed by atoms with E-state index in [-0.39, 0.29) is 31.9 Å².